The van der Waals surface area contributed by atoms with Crippen LogP contribution in [0.15, 0.2) is 34.9 Å². The second kappa shape index (κ2) is 6.36. The van der Waals surface area contributed by atoms with Gasteiger partial charge >= 0.3 is 5.97 Å². The van der Waals surface area contributed by atoms with Crippen molar-refractivity contribution in [2.75, 3.05) is 12.4 Å². The van der Waals surface area contributed by atoms with E-state index in [-0.39, 0.29) is 0 Å². The number of rotatable bonds is 4. The van der Waals surface area contributed by atoms with Crippen molar-refractivity contribution in [3.05, 3.63) is 44.3 Å². The van der Waals surface area contributed by atoms with Crippen molar-refractivity contribution in [2.24, 2.45) is 0 Å². The van der Waals surface area contributed by atoms with Crippen LogP contribution in [0.5, 0.6) is 0 Å². The number of carbonyl (C=O) groups excluding carboxylic acids is 1. The van der Waals surface area contributed by atoms with Gasteiger partial charge in [0.15, 0.2) is 6.04 Å². The molecule has 0 aliphatic heterocycles. The highest BCUT2D eigenvalue weighted by Gasteiger charge is 2.24. The molecule has 7 heteroatoms. The van der Waals surface area contributed by atoms with E-state index in [1.807, 2.05) is 24.3 Å². The van der Waals surface area contributed by atoms with Crippen LogP contribution in [0.1, 0.15) is 11.0 Å². The molecule has 1 heterocycles. The molecule has 4 nitrogen and oxygen atoms in total. The standard InChI is InChI=1S/C12H10BrClN2O2S/c1-18-12(17)10(11-15-6-9(14)19-11)16-8-4-2-3-7(13)5-8/h2-6,10,16H,1H3. The van der Waals surface area contributed by atoms with Gasteiger partial charge in [-0.15, -0.1) is 11.3 Å². The predicted molar refractivity (Wildman–Crippen MR) is 79.6 cm³/mol. The quantitative estimate of drug-likeness (QED) is 0.840. The molecule has 0 saturated carbocycles. The smallest absolute Gasteiger partial charge is 0.335 e. The summed E-state index contributed by atoms with van der Waals surface area (Å²) in [5.41, 5.74) is 0.788. The lowest BCUT2D eigenvalue weighted by Gasteiger charge is -2.15. The summed E-state index contributed by atoms with van der Waals surface area (Å²) in [6.45, 7) is 0. The minimum atomic E-state index is -0.670. The van der Waals surface area contributed by atoms with Crippen molar-refractivity contribution in [3.63, 3.8) is 0 Å². The van der Waals surface area contributed by atoms with Gasteiger partial charge in [-0.2, -0.15) is 0 Å². The molecule has 0 fully saturated rings. The van der Waals surface area contributed by atoms with Gasteiger partial charge in [0, 0.05) is 10.2 Å². The number of ether oxygens (including phenoxy) is 1. The van der Waals surface area contributed by atoms with Crippen LogP contribution in [0.25, 0.3) is 0 Å². The number of anilines is 1. The molecule has 0 amide bonds. The summed E-state index contributed by atoms with van der Waals surface area (Å²) in [4.78, 5) is 16.0. The van der Waals surface area contributed by atoms with Gasteiger partial charge in [0.2, 0.25) is 0 Å². The fraction of sp³-hybridized carbons (Fsp3) is 0.167. The van der Waals surface area contributed by atoms with Crippen LogP contribution in [-0.2, 0) is 9.53 Å². The van der Waals surface area contributed by atoms with Crippen molar-refractivity contribution < 1.29 is 9.53 Å². The number of methoxy groups -OCH3 is 1. The largest absolute Gasteiger partial charge is 0.467 e. The van der Waals surface area contributed by atoms with Crippen LogP contribution in [0, 0.1) is 0 Å². The maximum absolute atomic E-state index is 11.8. The van der Waals surface area contributed by atoms with Crippen LogP contribution >= 0.6 is 38.9 Å². The monoisotopic (exact) mass is 360 g/mol. The molecule has 0 radical (unpaired) electrons. The molecule has 1 aromatic carbocycles. The van der Waals surface area contributed by atoms with Crippen molar-refractivity contribution in [2.45, 2.75) is 6.04 Å². The van der Waals surface area contributed by atoms with E-state index in [1.165, 1.54) is 24.6 Å². The van der Waals surface area contributed by atoms with E-state index < -0.39 is 12.0 Å². The Morgan fingerprint density at radius 3 is 2.95 bits per heavy atom. The predicted octanol–water partition coefficient (Wildman–Crippen LogP) is 3.89. The summed E-state index contributed by atoms with van der Waals surface area (Å²) in [6, 6.07) is 6.83. The first-order chi connectivity index (χ1) is 9.10. The summed E-state index contributed by atoms with van der Waals surface area (Å²) in [6.07, 6.45) is 1.51. The van der Waals surface area contributed by atoms with Gasteiger partial charge in [0.1, 0.15) is 9.34 Å². The number of hydrogen-bond donors (Lipinski definition) is 1. The molecule has 19 heavy (non-hydrogen) atoms. The zero-order valence-corrected chi connectivity index (χ0v) is 13.1. The number of nitrogens with zero attached hydrogens (tertiary/aromatic N) is 1. The van der Waals surface area contributed by atoms with Gasteiger partial charge < -0.3 is 10.1 Å². The number of aromatic nitrogens is 1. The first-order valence-electron chi connectivity index (χ1n) is 5.31. The maximum Gasteiger partial charge on any atom is 0.335 e. The molecular weight excluding hydrogens is 352 g/mol. The minimum absolute atomic E-state index is 0.411. The average Bonchev–Trinajstić information content (AvgIpc) is 2.81. The van der Waals surface area contributed by atoms with E-state index >= 15 is 0 Å². The van der Waals surface area contributed by atoms with E-state index in [4.69, 9.17) is 16.3 Å². The van der Waals surface area contributed by atoms with Gasteiger partial charge in [-0.05, 0) is 18.2 Å². The second-order valence-corrected chi connectivity index (χ2v) is 6.22. The Morgan fingerprint density at radius 1 is 1.58 bits per heavy atom. The Bertz CT molecular complexity index is 591. The highest BCUT2D eigenvalue weighted by Crippen LogP contribution is 2.28. The van der Waals surface area contributed by atoms with Crippen LogP contribution in [-0.4, -0.2) is 18.1 Å². The minimum Gasteiger partial charge on any atom is -0.467 e. The Hall–Kier alpha value is -1.11. The topological polar surface area (TPSA) is 51.2 Å². The summed E-state index contributed by atoms with van der Waals surface area (Å²) in [5, 5.41) is 3.65. The van der Waals surface area contributed by atoms with Crippen LogP contribution < -0.4 is 5.32 Å². The maximum atomic E-state index is 11.8. The second-order valence-electron chi connectivity index (χ2n) is 3.61. The van der Waals surface area contributed by atoms with Crippen molar-refractivity contribution in [1.82, 2.24) is 4.98 Å². The normalized spacial score (nSPS) is 11.9. The summed E-state index contributed by atoms with van der Waals surface area (Å²) < 4.78 is 6.23. The van der Waals surface area contributed by atoms with E-state index in [9.17, 15) is 4.79 Å². The molecule has 0 aliphatic rings. The third-order valence-electron chi connectivity index (χ3n) is 2.31. The lowest BCUT2D eigenvalue weighted by atomic mass is 10.2. The Labute approximate surface area is 127 Å². The molecule has 2 rings (SSSR count). The molecule has 100 valence electrons. The Morgan fingerprint density at radius 2 is 2.37 bits per heavy atom. The number of thiazole rings is 1. The first-order valence-corrected chi connectivity index (χ1v) is 7.30. The summed E-state index contributed by atoms with van der Waals surface area (Å²) in [7, 11) is 1.34. The zero-order chi connectivity index (χ0) is 13.8. The number of benzene rings is 1. The molecule has 1 N–H and O–H groups in total. The molecule has 0 saturated heterocycles. The van der Waals surface area contributed by atoms with E-state index in [2.05, 4.69) is 26.2 Å². The number of halogens is 2. The summed E-state index contributed by atoms with van der Waals surface area (Å²) in [5.74, 6) is -0.411. The van der Waals surface area contributed by atoms with E-state index in [1.54, 1.807) is 0 Å². The SMILES string of the molecule is COC(=O)C(Nc1cccc(Br)c1)c1ncc(Cl)s1. The van der Waals surface area contributed by atoms with Crippen molar-refractivity contribution in [1.29, 1.82) is 0 Å². The lowest BCUT2D eigenvalue weighted by Crippen LogP contribution is -2.22. The number of hydrogen-bond acceptors (Lipinski definition) is 5. The number of nitrogens with one attached hydrogen (secondary N) is 1. The Kier molecular flexibility index (Phi) is 4.79. The summed E-state index contributed by atoms with van der Waals surface area (Å²) >= 11 is 10.5. The molecule has 0 spiro atoms. The fourth-order valence-corrected chi connectivity index (χ4v) is 2.85. The fourth-order valence-electron chi connectivity index (χ4n) is 1.48. The molecule has 1 atom stereocenters. The highest BCUT2D eigenvalue weighted by molar-refractivity contribution is 9.10. The number of esters is 1. The number of carbonyl (C=O) groups is 1. The van der Waals surface area contributed by atoms with Gasteiger partial charge in [-0.25, -0.2) is 9.78 Å². The van der Waals surface area contributed by atoms with Gasteiger partial charge in [0.05, 0.1) is 13.3 Å². The van der Waals surface area contributed by atoms with Crippen molar-refractivity contribution >= 4 is 50.5 Å². The molecule has 1 unspecified atom stereocenters. The van der Waals surface area contributed by atoms with Crippen LogP contribution in [0.3, 0.4) is 0 Å². The third-order valence-corrected chi connectivity index (χ3v) is 3.99. The highest BCUT2D eigenvalue weighted by atomic mass is 79.9. The van der Waals surface area contributed by atoms with Crippen LogP contribution in [0.2, 0.25) is 4.34 Å². The lowest BCUT2D eigenvalue weighted by molar-refractivity contribution is -0.141. The van der Waals surface area contributed by atoms with E-state index in [0.717, 1.165) is 10.2 Å². The molecule has 0 aliphatic carbocycles. The molecule has 0 bridgehead atoms. The Balaban J connectivity index is 2.26. The van der Waals surface area contributed by atoms with Gasteiger partial charge in [0.25, 0.3) is 0 Å². The first kappa shape index (κ1) is 14.3. The molecular formula is C12H10BrClN2O2S. The van der Waals surface area contributed by atoms with Gasteiger partial charge in [-0.3, -0.25) is 0 Å². The van der Waals surface area contributed by atoms with E-state index in [0.29, 0.717) is 9.34 Å². The molecule has 2 aromatic rings. The third kappa shape index (κ3) is 3.68. The van der Waals surface area contributed by atoms with Crippen LogP contribution in [0.4, 0.5) is 5.69 Å². The zero-order valence-electron chi connectivity index (χ0n) is 9.89. The molecule has 1 aromatic heterocycles. The van der Waals surface area contributed by atoms with Crippen molar-refractivity contribution in [3.8, 4) is 0 Å². The van der Waals surface area contributed by atoms with Gasteiger partial charge in [-0.1, -0.05) is 33.6 Å². The average molecular weight is 362 g/mol.